The highest BCUT2D eigenvalue weighted by atomic mass is 32.2. The Morgan fingerprint density at radius 2 is 2.10 bits per heavy atom. The fourth-order valence-electron chi connectivity index (χ4n) is 2.35. The molecule has 3 heterocycles. The van der Waals surface area contributed by atoms with Crippen LogP contribution in [0, 0.1) is 6.92 Å². The highest BCUT2D eigenvalue weighted by Crippen LogP contribution is 2.38. The van der Waals surface area contributed by atoms with Gasteiger partial charge in [0.1, 0.15) is 20.7 Å². The molecule has 0 unspecified atom stereocenters. The first-order valence-electron chi connectivity index (χ1n) is 6.59. The number of nitrogens with one attached hydrogen (secondary N) is 1. The van der Waals surface area contributed by atoms with E-state index >= 15 is 0 Å². The number of hydrogen-bond donors (Lipinski definition) is 2. The minimum atomic E-state index is -2.85. The lowest BCUT2D eigenvalue weighted by Gasteiger charge is -2.23. The SMILES string of the molecule is Cc1nc(-c2c(N)nsc2NC2CCS(=O)(=O)CC2)cs1. The lowest BCUT2D eigenvalue weighted by molar-refractivity contribution is 0.560. The van der Waals surface area contributed by atoms with Crippen LogP contribution in [0.2, 0.25) is 0 Å². The van der Waals surface area contributed by atoms with E-state index in [1.54, 1.807) is 11.3 Å². The number of aryl methyl sites for hydroxylation is 1. The second-order valence-electron chi connectivity index (χ2n) is 5.09. The third-order valence-corrected chi connectivity index (χ3v) is 6.76. The van der Waals surface area contributed by atoms with Crippen molar-refractivity contribution in [3.05, 3.63) is 10.4 Å². The third-order valence-electron chi connectivity index (χ3n) is 3.48. The average Bonchev–Trinajstić information content (AvgIpc) is 2.99. The summed E-state index contributed by atoms with van der Waals surface area (Å²) in [6.45, 7) is 1.95. The highest BCUT2D eigenvalue weighted by Gasteiger charge is 2.25. The first-order chi connectivity index (χ1) is 9.94. The van der Waals surface area contributed by atoms with Crippen molar-refractivity contribution in [2.75, 3.05) is 22.6 Å². The summed E-state index contributed by atoms with van der Waals surface area (Å²) in [7, 11) is -2.85. The third kappa shape index (κ3) is 3.19. The van der Waals surface area contributed by atoms with Gasteiger partial charge in [-0.2, -0.15) is 4.37 Å². The standard InChI is InChI=1S/C12H16N4O2S3/c1-7-14-9(6-19-7)10-11(13)16-20-12(10)15-8-2-4-21(17,18)5-3-8/h6,8,15H,2-5H2,1H3,(H2,13,16). The van der Waals surface area contributed by atoms with Crippen LogP contribution in [0.5, 0.6) is 0 Å². The number of nitrogens with two attached hydrogens (primary N) is 1. The Balaban J connectivity index is 1.81. The van der Waals surface area contributed by atoms with Crippen LogP contribution in [0.4, 0.5) is 10.8 Å². The molecule has 6 nitrogen and oxygen atoms in total. The summed E-state index contributed by atoms with van der Waals surface area (Å²) in [6, 6.07) is 0.145. The van der Waals surface area contributed by atoms with E-state index in [0.29, 0.717) is 18.7 Å². The minimum absolute atomic E-state index is 0.145. The number of nitrogens with zero attached hydrogens (tertiary/aromatic N) is 2. The van der Waals surface area contributed by atoms with E-state index in [1.165, 1.54) is 11.5 Å². The van der Waals surface area contributed by atoms with Crippen LogP contribution in [0.3, 0.4) is 0 Å². The van der Waals surface area contributed by atoms with Crippen LogP contribution in [0.1, 0.15) is 17.8 Å². The molecule has 1 aliphatic rings. The molecule has 9 heteroatoms. The van der Waals surface area contributed by atoms with Gasteiger partial charge in [-0.05, 0) is 31.3 Å². The first kappa shape index (κ1) is 14.7. The Bertz CT molecular complexity index is 736. The molecule has 0 amide bonds. The van der Waals surface area contributed by atoms with Crippen molar-refractivity contribution in [1.29, 1.82) is 0 Å². The van der Waals surface area contributed by atoms with Crippen molar-refractivity contribution >= 4 is 43.5 Å². The molecule has 0 aliphatic carbocycles. The topological polar surface area (TPSA) is 98.0 Å². The largest absolute Gasteiger partial charge is 0.382 e. The van der Waals surface area contributed by atoms with Crippen molar-refractivity contribution in [3.63, 3.8) is 0 Å². The van der Waals surface area contributed by atoms with Crippen LogP contribution in [-0.2, 0) is 9.84 Å². The predicted molar refractivity (Wildman–Crippen MR) is 87.7 cm³/mol. The van der Waals surface area contributed by atoms with Crippen LogP contribution in [0.15, 0.2) is 5.38 Å². The number of anilines is 2. The van der Waals surface area contributed by atoms with E-state index in [0.717, 1.165) is 21.3 Å². The molecule has 1 fully saturated rings. The zero-order valence-corrected chi connectivity index (χ0v) is 13.9. The maximum absolute atomic E-state index is 11.5. The van der Waals surface area contributed by atoms with E-state index in [1.807, 2.05) is 12.3 Å². The number of aromatic nitrogens is 2. The van der Waals surface area contributed by atoms with Gasteiger partial charge in [-0.25, -0.2) is 13.4 Å². The normalized spacial score (nSPS) is 18.7. The lowest BCUT2D eigenvalue weighted by atomic mass is 10.1. The Morgan fingerprint density at radius 1 is 1.38 bits per heavy atom. The number of nitrogen functional groups attached to an aromatic ring is 1. The van der Waals surface area contributed by atoms with Crippen LogP contribution >= 0.6 is 22.9 Å². The quantitative estimate of drug-likeness (QED) is 0.885. The molecule has 0 spiro atoms. The second kappa shape index (κ2) is 5.54. The molecule has 21 heavy (non-hydrogen) atoms. The molecule has 1 aliphatic heterocycles. The van der Waals surface area contributed by atoms with Gasteiger partial charge in [-0.1, -0.05) is 0 Å². The molecule has 3 N–H and O–H groups in total. The van der Waals surface area contributed by atoms with Crippen LogP contribution in [-0.4, -0.2) is 35.3 Å². The second-order valence-corrected chi connectivity index (χ2v) is 9.23. The maximum atomic E-state index is 11.5. The number of sulfone groups is 1. The van der Waals surface area contributed by atoms with Gasteiger partial charge in [0.2, 0.25) is 0 Å². The Kier molecular flexibility index (Phi) is 3.89. The summed E-state index contributed by atoms with van der Waals surface area (Å²) >= 11 is 2.87. The smallest absolute Gasteiger partial charge is 0.150 e. The fourth-order valence-corrected chi connectivity index (χ4v) is 5.24. The zero-order chi connectivity index (χ0) is 15.0. The Hall–Kier alpha value is -1.19. The number of rotatable bonds is 3. The van der Waals surface area contributed by atoms with Gasteiger partial charge in [0.15, 0.2) is 0 Å². The van der Waals surface area contributed by atoms with Gasteiger partial charge in [-0.15, -0.1) is 11.3 Å². The summed E-state index contributed by atoms with van der Waals surface area (Å²) < 4.78 is 27.2. The van der Waals surface area contributed by atoms with Crippen LogP contribution < -0.4 is 11.1 Å². The van der Waals surface area contributed by atoms with Crippen molar-refractivity contribution < 1.29 is 8.42 Å². The molecule has 0 radical (unpaired) electrons. The van der Waals surface area contributed by atoms with E-state index in [-0.39, 0.29) is 17.5 Å². The molecule has 2 aromatic rings. The van der Waals surface area contributed by atoms with Gasteiger partial charge in [0, 0.05) is 11.4 Å². The molecule has 2 aromatic heterocycles. The maximum Gasteiger partial charge on any atom is 0.150 e. The number of hydrogen-bond acceptors (Lipinski definition) is 8. The summed E-state index contributed by atoms with van der Waals surface area (Å²) in [5.74, 6) is 0.949. The molecular formula is C12H16N4O2S3. The van der Waals surface area contributed by atoms with Crippen molar-refractivity contribution in [2.45, 2.75) is 25.8 Å². The van der Waals surface area contributed by atoms with E-state index in [2.05, 4.69) is 14.7 Å². The highest BCUT2D eigenvalue weighted by molar-refractivity contribution is 7.91. The fraction of sp³-hybridized carbons (Fsp3) is 0.500. The van der Waals surface area contributed by atoms with E-state index < -0.39 is 9.84 Å². The summed E-state index contributed by atoms with van der Waals surface area (Å²) in [4.78, 5) is 4.46. The van der Waals surface area contributed by atoms with Gasteiger partial charge >= 0.3 is 0 Å². The molecule has 0 bridgehead atoms. The summed E-state index contributed by atoms with van der Waals surface area (Å²) in [5.41, 5.74) is 7.62. The molecule has 3 rings (SSSR count). The van der Waals surface area contributed by atoms with Crippen molar-refractivity contribution in [1.82, 2.24) is 9.36 Å². The monoisotopic (exact) mass is 344 g/mol. The molecule has 114 valence electrons. The molecule has 0 saturated carbocycles. The van der Waals surface area contributed by atoms with E-state index in [9.17, 15) is 8.42 Å². The van der Waals surface area contributed by atoms with Crippen molar-refractivity contribution in [3.8, 4) is 11.3 Å². The van der Waals surface area contributed by atoms with Gasteiger partial charge in [-0.3, -0.25) is 0 Å². The minimum Gasteiger partial charge on any atom is -0.382 e. The number of thiazole rings is 1. The first-order valence-corrected chi connectivity index (χ1v) is 10.1. The summed E-state index contributed by atoms with van der Waals surface area (Å²) in [5, 5.41) is 7.21. The Labute approximate surface area is 131 Å². The molecule has 0 atom stereocenters. The lowest BCUT2D eigenvalue weighted by Crippen LogP contribution is -2.32. The van der Waals surface area contributed by atoms with Gasteiger partial charge < -0.3 is 11.1 Å². The van der Waals surface area contributed by atoms with Gasteiger partial charge in [0.05, 0.1) is 27.8 Å². The van der Waals surface area contributed by atoms with Crippen LogP contribution in [0.25, 0.3) is 11.3 Å². The van der Waals surface area contributed by atoms with Gasteiger partial charge in [0.25, 0.3) is 0 Å². The predicted octanol–water partition coefficient (Wildman–Crippen LogP) is 2.15. The molecule has 1 saturated heterocycles. The van der Waals surface area contributed by atoms with E-state index in [4.69, 9.17) is 5.73 Å². The summed E-state index contributed by atoms with van der Waals surface area (Å²) in [6.07, 6.45) is 1.24. The molecule has 0 aromatic carbocycles. The Morgan fingerprint density at radius 3 is 2.71 bits per heavy atom. The molecular weight excluding hydrogens is 328 g/mol. The average molecular weight is 344 g/mol. The zero-order valence-electron chi connectivity index (χ0n) is 11.5. The van der Waals surface area contributed by atoms with Crippen molar-refractivity contribution in [2.24, 2.45) is 0 Å².